The van der Waals surface area contributed by atoms with E-state index in [1.54, 1.807) is 32.3 Å². The van der Waals surface area contributed by atoms with Gasteiger partial charge in [0.15, 0.2) is 0 Å². The molecule has 0 saturated carbocycles. The highest BCUT2D eigenvalue weighted by molar-refractivity contribution is 5.90. The van der Waals surface area contributed by atoms with Crippen molar-refractivity contribution >= 4 is 17.6 Å². The monoisotopic (exact) mass is 373 g/mol. The number of aryl methyl sites for hydroxylation is 1. The summed E-state index contributed by atoms with van der Waals surface area (Å²) in [6.45, 7) is -0.131. The summed E-state index contributed by atoms with van der Waals surface area (Å²) in [5.41, 5.74) is 1.54. The van der Waals surface area contributed by atoms with E-state index in [-0.39, 0.29) is 18.0 Å². The Balaban J connectivity index is 1.92. The molecule has 7 heteroatoms. The van der Waals surface area contributed by atoms with Crippen molar-refractivity contribution < 1.29 is 19.1 Å². The number of aliphatic hydroxyl groups excluding tert-OH is 1. The molecule has 27 heavy (non-hydrogen) atoms. The van der Waals surface area contributed by atoms with Gasteiger partial charge < -0.3 is 20.6 Å². The smallest absolute Gasteiger partial charge is 0.319 e. The van der Waals surface area contributed by atoms with E-state index in [2.05, 4.69) is 10.6 Å². The van der Waals surface area contributed by atoms with Gasteiger partial charge in [-0.15, -0.1) is 0 Å². The van der Waals surface area contributed by atoms with E-state index in [1.807, 2.05) is 12.1 Å². The van der Waals surface area contributed by atoms with Gasteiger partial charge in [0.05, 0.1) is 6.10 Å². The van der Waals surface area contributed by atoms with Crippen LogP contribution in [-0.2, 0) is 11.2 Å². The van der Waals surface area contributed by atoms with Gasteiger partial charge in [0.25, 0.3) is 0 Å². The Morgan fingerprint density at radius 3 is 2.48 bits per heavy atom. The van der Waals surface area contributed by atoms with Crippen LogP contribution in [0.15, 0.2) is 48.5 Å². The van der Waals surface area contributed by atoms with Crippen LogP contribution in [0.3, 0.4) is 0 Å². The van der Waals surface area contributed by atoms with Crippen LogP contribution >= 0.6 is 0 Å². The number of rotatable bonds is 7. The number of anilines is 1. The molecule has 2 aromatic carbocycles. The predicted molar refractivity (Wildman–Crippen MR) is 102 cm³/mol. The highest BCUT2D eigenvalue weighted by Gasteiger charge is 2.14. The number of amides is 3. The summed E-state index contributed by atoms with van der Waals surface area (Å²) in [5, 5.41) is 15.3. The van der Waals surface area contributed by atoms with Gasteiger partial charge in [-0.3, -0.25) is 4.79 Å². The molecule has 0 aliphatic heterocycles. The summed E-state index contributed by atoms with van der Waals surface area (Å²) < 4.78 is 13.7. The minimum Gasteiger partial charge on any atom is -0.386 e. The first-order valence-electron chi connectivity index (χ1n) is 8.64. The molecule has 0 aliphatic rings. The van der Waals surface area contributed by atoms with Crippen molar-refractivity contribution in [1.82, 2.24) is 10.2 Å². The van der Waals surface area contributed by atoms with Crippen LogP contribution in [0.1, 0.15) is 23.7 Å². The number of benzene rings is 2. The number of hydrogen-bond acceptors (Lipinski definition) is 3. The second-order valence-electron chi connectivity index (χ2n) is 6.32. The van der Waals surface area contributed by atoms with E-state index in [0.29, 0.717) is 18.5 Å². The third-order valence-electron chi connectivity index (χ3n) is 4.09. The minimum absolute atomic E-state index is 0.00210. The Kier molecular flexibility index (Phi) is 7.31. The highest BCUT2D eigenvalue weighted by atomic mass is 19.1. The first-order chi connectivity index (χ1) is 12.9. The minimum atomic E-state index is -1.15. The van der Waals surface area contributed by atoms with Gasteiger partial charge in [-0.1, -0.05) is 36.4 Å². The molecular weight excluding hydrogens is 349 g/mol. The molecule has 0 aromatic heterocycles. The van der Waals surface area contributed by atoms with Crippen molar-refractivity contribution in [3.8, 4) is 0 Å². The third-order valence-corrected chi connectivity index (χ3v) is 4.09. The van der Waals surface area contributed by atoms with Crippen molar-refractivity contribution in [2.24, 2.45) is 0 Å². The van der Waals surface area contributed by atoms with Crippen LogP contribution in [0.5, 0.6) is 0 Å². The van der Waals surface area contributed by atoms with Gasteiger partial charge in [0.1, 0.15) is 5.82 Å². The summed E-state index contributed by atoms with van der Waals surface area (Å²) in [4.78, 5) is 25.4. The van der Waals surface area contributed by atoms with Gasteiger partial charge in [-0.2, -0.15) is 0 Å². The number of halogens is 1. The quantitative estimate of drug-likeness (QED) is 0.698. The molecule has 0 bridgehead atoms. The Hall–Kier alpha value is -2.93. The number of hydrogen-bond donors (Lipinski definition) is 3. The van der Waals surface area contributed by atoms with Gasteiger partial charge in [0, 0.05) is 38.3 Å². The van der Waals surface area contributed by atoms with Crippen molar-refractivity contribution in [3.05, 3.63) is 65.5 Å². The maximum absolute atomic E-state index is 13.7. The molecule has 1 atom stereocenters. The average molecular weight is 373 g/mol. The van der Waals surface area contributed by atoms with Crippen LogP contribution in [-0.4, -0.2) is 42.6 Å². The molecule has 0 aliphatic carbocycles. The van der Waals surface area contributed by atoms with Gasteiger partial charge >= 0.3 is 6.03 Å². The fraction of sp³-hybridized carbons (Fsp3) is 0.300. The maximum atomic E-state index is 13.7. The van der Waals surface area contributed by atoms with Crippen molar-refractivity contribution in [3.63, 3.8) is 0 Å². The second-order valence-corrected chi connectivity index (χ2v) is 6.32. The molecule has 0 radical (unpaired) electrons. The summed E-state index contributed by atoms with van der Waals surface area (Å²) in [7, 11) is 3.39. The van der Waals surface area contributed by atoms with Gasteiger partial charge in [-0.25, -0.2) is 9.18 Å². The average Bonchev–Trinajstić information content (AvgIpc) is 2.65. The molecule has 0 spiro atoms. The molecule has 6 nitrogen and oxygen atoms in total. The Bertz CT molecular complexity index is 796. The zero-order chi connectivity index (χ0) is 19.8. The SMILES string of the molecule is CN(C)C(=O)CCc1ccccc1NC(=O)NC[C@@H](O)c1ccccc1F. The largest absolute Gasteiger partial charge is 0.386 e. The lowest BCUT2D eigenvalue weighted by atomic mass is 10.1. The van der Waals surface area contributed by atoms with Gasteiger partial charge in [0.2, 0.25) is 5.91 Å². The number of carbonyl (C=O) groups is 2. The van der Waals surface area contributed by atoms with Gasteiger partial charge in [-0.05, 0) is 24.1 Å². The highest BCUT2D eigenvalue weighted by Crippen LogP contribution is 2.18. The first kappa shape index (κ1) is 20.4. The number of carbonyl (C=O) groups excluding carboxylic acids is 2. The van der Waals surface area contributed by atoms with E-state index in [1.165, 1.54) is 23.1 Å². The Morgan fingerprint density at radius 1 is 1.11 bits per heavy atom. The van der Waals surface area contributed by atoms with E-state index >= 15 is 0 Å². The fourth-order valence-corrected chi connectivity index (χ4v) is 2.54. The van der Waals surface area contributed by atoms with E-state index in [4.69, 9.17) is 0 Å². The van der Waals surface area contributed by atoms with E-state index < -0.39 is 18.0 Å². The van der Waals surface area contributed by atoms with Crippen LogP contribution in [0, 0.1) is 5.82 Å². The van der Waals surface area contributed by atoms with Crippen molar-refractivity contribution in [2.45, 2.75) is 18.9 Å². The van der Waals surface area contributed by atoms with Crippen LogP contribution in [0.4, 0.5) is 14.9 Å². The summed E-state index contributed by atoms with van der Waals surface area (Å²) in [6, 6.07) is 12.5. The summed E-state index contributed by atoms with van der Waals surface area (Å²) >= 11 is 0. The van der Waals surface area contributed by atoms with Crippen molar-refractivity contribution in [2.75, 3.05) is 26.0 Å². The van der Waals surface area contributed by atoms with Crippen LogP contribution in [0.2, 0.25) is 0 Å². The summed E-state index contributed by atoms with van der Waals surface area (Å²) in [6.07, 6.45) is -0.324. The Morgan fingerprint density at radius 2 is 1.78 bits per heavy atom. The topological polar surface area (TPSA) is 81.7 Å². The second kappa shape index (κ2) is 9.68. The molecule has 144 valence electrons. The zero-order valence-electron chi connectivity index (χ0n) is 15.4. The number of urea groups is 1. The molecule has 0 fully saturated rings. The molecule has 0 unspecified atom stereocenters. The van der Waals surface area contributed by atoms with Crippen LogP contribution in [0.25, 0.3) is 0 Å². The molecule has 2 aromatic rings. The predicted octanol–water partition coefficient (Wildman–Crippen LogP) is 2.70. The lowest BCUT2D eigenvalue weighted by molar-refractivity contribution is -0.128. The number of nitrogens with one attached hydrogen (secondary N) is 2. The third kappa shape index (κ3) is 6.07. The molecule has 0 heterocycles. The molecule has 3 N–H and O–H groups in total. The van der Waals surface area contributed by atoms with Crippen molar-refractivity contribution in [1.29, 1.82) is 0 Å². The number of nitrogens with zero attached hydrogens (tertiary/aromatic N) is 1. The van der Waals surface area contributed by atoms with E-state index in [0.717, 1.165) is 5.56 Å². The lowest BCUT2D eigenvalue weighted by Crippen LogP contribution is -2.33. The maximum Gasteiger partial charge on any atom is 0.319 e. The molecule has 3 amide bonds. The molecule has 2 rings (SSSR count). The normalized spacial score (nSPS) is 11.6. The number of para-hydroxylation sites is 1. The first-order valence-corrected chi connectivity index (χ1v) is 8.64. The standard InChI is InChI=1S/C20H24FN3O3/c1-24(2)19(26)12-11-14-7-3-6-10-17(14)23-20(27)22-13-18(25)15-8-4-5-9-16(15)21/h3-10,18,25H,11-13H2,1-2H3,(H2,22,23,27)/t18-/m1/s1. The molecule has 0 saturated heterocycles. The lowest BCUT2D eigenvalue weighted by Gasteiger charge is -2.15. The summed E-state index contributed by atoms with van der Waals surface area (Å²) in [5.74, 6) is -0.523. The molecular formula is C20H24FN3O3. The fourth-order valence-electron chi connectivity index (χ4n) is 2.54. The zero-order valence-corrected chi connectivity index (χ0v) is 15.4. The van der Waals surface area contributed by atoms with Crippen LogP contribution < -0.4 is 10.6 Å². The van der Waals surface area contributed by atoms with E-state index in [9.17, 15) is 19.1 Å². The Labute approximate surface area is 158 Å². The number of aliphatic hydroxyl groups is 1.